The van der Waals surface area contributed by atoms with E-state index in [4.69, 9.17) is 15.6 Å². The number of nitrogens with zero attached hydrogens (tertiary/aromatic N) is 8. The zero-order chi connectivity index (χ0) is 35.6. The van der Waals surface area contributed by atoms with Gasteiger partial charge in [-0.2, -0.15) is 10.4 Å². The van der Waals surface area contributed by atoms with E-state index in [-0.39, 0.29) is 48.3 Å². The molecule has 4 aromatic rings. The molecule has 0 aliphatic carbocycles. The largest absolute Gasteiger partial charge is 0.457 e. The van der Waals surface area contributed by atoms with E-state index in [1.54, 1.807) is 39.9 Å². The molecule has 11 nitrogen and oxygen atoms in total. The predicted octanol–water partition coefficient (Wildman–Crippen LogP) is 5.58. The molecular weight excluding hydrogens is 654 g/mol. The minimum atomic E-state index is -3.09. The number of hydrogen-bond donors (Lipinski definition) is 1. The number of fused-ring (bicyclic) bond motifs is 1. The van der Waals surface area contributed by atoms with Gasteiger partial charge in [0, 0.05) is 56.4 Å². The second-order valence-corrected chi connectivity index (χ2v) is 12.9. The van der Waals surface area contributed by atoms with Gasteiger partial charge in [-0.15, -0.1) is 0 Å². The molecule has 15 heteroatoms. The van der Waals surface area contributed by atoms with Gasteiger partial charge in [0.05, 0.1) is 11.4 Å². The number of benzene rings is 2. The van der Waals surface area contributed by atoms with Crippen molar-refractivity contribution in [2.24, 2.45) is 0 Å². The van der Waals surface area contributed by atoms with E-state index in [9.17, 15) is 23.2 Å². The van der Waals surface area contributed by atoms with Gasteiger partial charge in [0.2, 0.25) is 6.30 Å². The minimum Gasteiger partial charge on any atom is -0.457 e. The number of nitriles is 1. The monoisotopic (exact) mass is 691 g/mol. The summed E-state index contributed by atoms with van der Waals surface area (Å²) in [4.78, 5) is 27.0. The Hall–Kier alpha value is -5.07. The molecule has 0 radical (unpaired) electrons. The number of halogens is 4. The highest BCUT2D eigenvalue weighted by Crippen LogP contribution is 2.36. The van der Waals surface area contributed by atoms with Crippen molar-refractivity contribution in [3.63, 3.8) is 0 Å². The highest BCUT2D eigenvalue weighted by Gasteiger charge is 2.36. The Morgan fingerprint density at radius 2 is 1.80 bits per heavy atom. The summed E-state index contributed by atoms with van der Waals surface area (Å²) in [5.74, 6) is -0.0590. The third kappa shape index (κ3) is 7.12. The number of aromatic nitrogens is 4. The zero-order valence-electron chi connectivity index (χ0n) is 27.6. The van der Waals surface area contributed by atoms with Gasteiger partial charge in [-0.1, -0.05) is 18.2 Å². The van der Waals surface area contributed by atoms with Crippen LogP contribution >= 0.6 is 0 Å². The third-order valence-electron chi connectivity index (χ3n) is 9.26. The van der Waals surface area contributed by atoms with Gasteiger partial charge >= 0.3 is 0 Å². The van der Waals surface area contributed by atoms with Gasteiger partial charge < -0.3 is 15.4 Å². The Labute approximate surface area is 286 Å². The Morgan fingerprint density at radius 3 is 2.48 bits per heavy atom. The van der Waals surface area contributed by atoms with E-state index in [1.165, 1.54) is 12.4 Å². The lowest BCUT2D eigenvalue weighted by Crippen LogP contribution is -2.56. The van der Waals surface area contributed by atoms with E-state index in [0.717, 1.165) is 4.90 Å². The number of para-hydroxylation sites is 1. The first-order valence-corrected chi connectivity index (χ1v) is 16.3. The van der Waals surface area contributed by atoms with Crippen molar-refractivity contribution in [2.45, 2.75) is 51.0 Å². The van der Waals surface area contributed by atoms with Crippen molar-refractivity contribution < 1.29 is 27.1 Å². The number of nitrogens with two attached hydrogens (primary N) is 1. The van der Waals surface area contributed by atoms with Crippen molar-refractivity contribution >= 4 is 22.8 Å². The van der Waals surface area contributed by atoms with Gasteiger partial charge in [-0.05, 0) is 57.0 Å². The fourth-order valence-corrected chi connectivity index (χ4v) is 6.61. The number of rotatable bonds is 9. The van der Waals surface area contributed by atoms with Crippen molar-refractivity contribution in [1.29, 1.82) is 5.26 Å². The van der Waals surface area contributed by atoms with Crippen LogP contribution in [0, 0.1) is 17.1 Å². The molecule has 0 bridgehead atoms. The molecule has 2 unspecified atom stereocenters. The van der Waals surface area contributed by atoms with Crippen LogP contribution in [0.25, 0.3) is 22.3 Å². The lowest BCUT2D eigenvalue weighted by molar-refractivity contribution is -0.128. The fraction of sp³-hybridized carbons (Fsp3) is 0.400. The van der Waals surface area contributed by atoms with Crippen LogP contribution in [-0.4, -0.2) is 97.9 Å². The summed E-state index contributed by atoms with van der Waals surface area (Å²) in [6.07, 6.45) is -1.30. The van der Waals surface area contributed by atoms with Gasteiger partial charge in [-0.3, -0.25) is 14.6 Å². The first-order valence-electron chi connectivity index (χ1n) is 16.3. The van der Waals surface area contributed by atoms with Gasteiger partial charge in [-0.25, -0.2) is 32.2 Å². The Kier molecular flexibility index (Phi) is 10.0. The summed E-state index contributed by atoms with van der Waals surface area (Å²) in [6.45, 7) is 5.03. The average molecular weight is 692 g/mol. The number of hydrogen-bond acceptors (Lipinski definition) is 9. The fourth-order valence-electron chi connectivity index (χ4n) is 6.61. The number of likely N-dealkylation sites (tertiary alicyclic amines) is 1. The van der Waals surface area contributed by atoms with E-state index >= 15 is 4.39 Å². The number of piperazine rings is 1. The number of carbonyl (C=O) groups is 1. The van der Waals surface area contributed by atoms with Gasteiger partial charge in [0.25, 0.3) is 12.3 Å². The second kappa shape index (κ2) is 14.4. The molecule has 6 rings (SSSR count). The third-order valence-corrected chi connectivity index (χ3v) is 9.26. The van der Waals surface area contributed by atoms with Crippen molar-refractivity contribution in [3.8, 4) is 28.8 Å². The highest BCUT2D eigenvalue weighted by atomic mass is 19.3. The number of carbonyl (C=O) groups excluding carboxylic acids is 1. The topological polar surface area (TPSA) is 129 Å². The van der Waals surface area contributed by atoms with Crippen molar-refractivity contribution in [3.05, 3.63) is 72.3 Å². The highest BCUT2D eigenvalue weighted by molar-refractivity contribution is 5.99. The van der Waals surface area contributed by atoms with Crippen LogP contribution in [0.4, 0.5) is 23.4 Å². The lowest BCUT2D eigenvalue weighted by Gasteiger charge is -2.43. The van der Waals surface area contributed by atoms with Crippen LogP contribution in [0.15, 0.2) is 66.5 Å². The number of ether oxygens (including phenoxy) is 1. The number of amides is 1. The van der Waals surface area contributed by atoms with Crippen molar-refractivity contribution in [2.75, 3.05) is 45.0 Å². The van der Waals surface area contributed by atoms with Gasteiger partial charge in [0.15, 0.2) is 5.65 Å². The van der Waals surface area contributed by atoms with Gasteiger partial charge in [0.1, 0.15) is 46.8 Å². The maximum Gasteiger partial charge on any atom is 0.282 e. The number of alkyl halides is 3. The molecule has 2 aromatic carbocycles. The van der Waals surface area contributed by atoms with E-state index in [0.29, 0.717) is 55.0 Å². The van der Waals surface area contributed by atoms with E-state index < -0.39 is 30.0 Å². The average Bonchev–Trinajstić information content (AvgIpc) is 3.51. The molecule has 2 aromatic heterocycles. The molecule has 50 heavy (non-hydrogen) atoms. The molecule has 262 valence electrons. The second-order valence-electron chi connectivity index (χ2n) is 12.9. The van der Waals surface area contributed by atoms with Crippen LogP contribution in [0.5, 0.6) is 11.5 Å². The molecular formula is C35H37F4N9O2. The maximum atomic E-state index is 15.6. The molecule has 2 saturated heterocycles. The Balaban J connectivity index is 1.22. The molecule has 2 atom stereocenters. The number of piperidine rings is 1. The van der Waals surface area contributed by atoms with Crippen LogP contribution in [-0.2, 0) is 4.79 Å². The molecule has 2 aliphatic heterocycles. The van der Waals surface area contributed by atoms with Crippen LogP contribution in [0.1, 0.15) is 32.7 Å². The quantitative estimate of drug-likeness (QED) is 0.104. The normalized spacial score (nSPS) is 18.7. The van der Waals surface area contributed by atoms with Crippen LogP contribution in [0.2, 0.25) is 0 Å². The molecule has 0 saturated carbocycles. The van der Waals surface area contributed by atoms with Crippen molar-refractivity contribution in [1.82, 2.24) is 34.4 Å². The molecule has 0 spiro atoms. The lowest BCUT2D eigenvalue weighted by atomic mass is 9.96. The maximum absolute atomic E-state index is 15.6. The molecule has 2 aliphatic rings. The Morgan fingerprint density at radius 1 is 1.06 bits per heavy atom. The Bertz CT molecular complexity index is 1920. The van der Waals surface area contributed by atoms with E-state index in [1.807, 2.05) is 43.0 Å². The molecule has 2 N–H and O–H groups in total. The SMILES string of the molecule is CC(C)(C=C(C#N)C(=O)N1CCCC(n2nc(-c3ccc(Oc4ccccc4)cc3F)c3c(N)ncnc32)C1)N1CCN(C(F)C(F)F)CC1. The molecule has 1 amide bonds. The molecule has 4 heterocycles. The summed E-state index contributed by atoms with van der Waals surface area (Å²) in [6, 6.07) is 15.1. The van der Waals surface area contributed by atoms with E-state index in [2.05, 4.69) is 9.97 Å². The summed E-state index contributed by atoms with van der Waals surface area (Å²) >= 11 is 0. The van der Waals surface area contributed by atoms with Crippen LogP contribution in [0.3, 0.4) is 0 Å². The van der Waals surface area contributed by atoms with Crippen LogP contribution < -0.4 is 10.5 Å². The predicted molar refractivity (Wildman–Crippen MR) is 178 cm³/mol. The first kappa shape index (κ1) is 34.8. The zero-order valence-corrected chi connectivity index (χ0v) is 27.6. The minimum absolute atomic E-state index is 0.0634. The first-order chi connectivity index (χ1) is 24.0. The smallest absolute Gasteiger partial charge is 0.282 e. The number of nitrogen functional groups attached to an aromatic ring is 1. The standard InChI is InChI=1S/C35H37F4N9O2/c1-35(2,47-15-13-45(14-16-47)31(39)30(37)38)18-22(19-40)34(49)46-12-6-7-23(20-46)48-33-28(32(41)42-21-43-33)29(44-48)26-11-10-25(17-27(26)36)50-24-8-4-3-5-9-24/h3-5,8-11,17-18,21,23,30-31H,6-7,12-16,20H2,1-2H3,(H2,41,42,43). The summed E-state index contributed by atoms with van der Waals surface area (Å²) in [5, 5.41) is 15.2. The summed E-state index contributed by atoms with van der Waals surface area (Å²) in [5.41, 5.74) is 6.25. The number of anilines is 1. The summed E-state index contributed by atoms with van der Waals surface area (Å²) < 4.78 is 62.7. The summed E-state index contributed by atoms with van der Waals surface area (Å²) in [7, 11) is 0. The molecule has 2 fully saturated rings.